The summed E-state index contributed by atoms with van der Waals surface area (Å²) >= 11 is 1.50. The maximum Gasteiger partial charge on any atom is 0.410 e. The maximum absolute atomic E-state index is 13.5. The summed E-state index contributed by atoms with van der Waals surface area (Å²) in [5.74, 6) is 1.73. The third kappa shape index (κ3) is 4.90. The number of piperidine rings is 1. The lowest BCUT2D eigenvalue weighted by atomic mass is 9.97. The lowest BCUT2D eigenvalue weighted by Crippen LogP contribution is -2.45. The highest BCUT2D eigenvalue weighted by Gasteiger charge is 2.31. The number of aromatic nitrogens is 2. The summed E-state index contributed by atoms with van der Waals surface area (Å²) in [5.41, 5.74) is 1.45. The Bertz CT molecular complexity index is 1040. The molecule has 4 rings (SSSR count). The van der Waals surface area contributed by atoms with Crippen LogP contribution in [0.15, 0.2) is 0 Å². The molecule has 7 nitrogen and oxygen atoms in total. The van der Waals surface area contributed by atoms with Crippen LogP contribution in [-0.2, 0) is 4.74 Å². The molecule has 1 saturated heterocycles. The number of carbonyl (C=O) groups is 2. The fourth-order valence-electron chi connectivity index (χ4n) is 4.43. The highest BCUT2D eigenvalue weighted by molar-refractivity contribution is 7.20. The van der Waals surface area contributed by atoms with Crippen molar-refractivity contribution >= 4 is 33.6 Å². The predicted octanol–water partition coefficient (Wildman–Crippen LogP) is 4.90. The molecule has 0 aromatic carbocycles. The lowest BCUT2D eigenvalue weighted by Gasteiger charge is -2.35. The van der Waals surface area contributed by atoms with Crippen LogP contribution < -0.4 is 0 Å². The molecule has 1 aliphatic carbocycles. The van der Waals surface area contributed by atoms with Gasteiger partial charge in [0.2, 0.25) is 0 Å². The molecular formula is C24H34N4O3S. The molecule has 1 atom stereocenters. The summed E-state index contributed by atoms with van der Waals surface area (Å²) in [4.78, 5) is 40.6. The van der Waals surface area contributed by atoms with E-state index in [4.69, 9.17) is 14.7 Å². The van der Waals surface area contributed by atoms with E-state index in [1.165, 1.54) is 11.3 Å². The van der Waals surface area contributed by atoms with E-state index in [9.17, 15) is 9.59 Å². The Morgan fingerprint density at radius 2 is 1.91 bits per heavy atom. The minimum Gasteiger partial charge on any atom is -0.444 e. The highest BCUT2D eigenvalue weighted by Crippen LogP contribution is 2.40. The molecule has 8 heteroatoms. The van der Waals surface area contributed by atoms with Gasteiger partial charge >= 0.3 is 6.09 Å². The molecule has 1 unspecified atom stereocenters. The third-order valence-corrected chi connectivity index (χ3v) is 7.34. The maximum atomic E-state index is 13.5. The Morgan fingerprint density at radius 3 is 2.56 bits per heavy atom. The van der Waals surface area contributed by atoms with Gasteiger partial charge < -0.3 is 14.5 Å². The number of amides is 2. The number of hydrogen-bond donors (Lipinski definition) is 0. The molecule has 3 heterocycles. The van der Waals surface area contributed by atoms with Gasteiger partial charge in [-0.15, -0.1) is 11.3 Å². The van der Waals surface area contributed by atoms with Gasteiger partial charge in [-0.05, 0) is 71.8 Å². The normalized spacial score (nSPS) is 19.3. The summed E-state index contributed by atoms with van der Waals surface area (Å²) in [6, 6.07) is 0. The molecule has 2 aliphatic rings. The summed E-state index contributed by atoms with van der Waals surface area (Å²) < 4.78 is 5.47. The Balaban J connectivity index is 1.47. The van der Waals surface area contributed by atoms with E-state index < -0.39 is 5.60 Å². The summed E-state index contributed by atoms with van der Waals surface area (Å²) in [7, 11) is 1.77. The first-order valence-corrected chi connectivity index (χ1v) is 12.4. The number of nitrogens with zero attached hydrogens (tertiary/aromatic N) is 4. The molecule has 1 saturated carbocycles. The molecule has 174 valence electrons. The van der Waals surface area contributed by atoms with Gasteiger partial charge in [-0.1, -0.05) is 0 Å². The zero-order valence-electron chi connectivity index (χ0n) is 20.0. The van der Waals surface area contributed by atoms with Gasteiger partial charge in [-0.25, -0.2) is 14.8 Å². The van der Waals surface area contributed by atoms with E-state index in [1.54, 1.807) is 11.9 Å². The Morgan fingerprint density at radius 1 is 1.19 bits per heavy atom. The van der Waals surface area contributed by atoms with Crippen molar-refractivity contribution in [3.8, 4) is 0 Å². The summed E-state index contributed by atoms with van der Waals surface area (Å²) in [5, 5.41) is 1.03. The molecule has 32 heavy (non-hydrogen) atoms. The number of hydrogen-bond acceptors (Lipinski definition) is 6. The topological polar surface area (TPSA) is 75.6 Å². The van der Waals surface area contributed by atoms with E-state index in [0.29, 0.717) is 19.0 Å². The second-order valence-corrected chi connectivity index (χ2v) is 11.3. The van der Waals surface area contributed by atoms with E-state index in [1.807, 2.05) is 39.5 Å². The van der Waals surface area contributed by atoms with E-state index >= 15 is 0 Å². The van der Waals surface area contributed by atoms with Gasteiger partial charge in [0.1, 0.15) is 16.3 Å². The number of ether oxygens (including phenoxy) is 1. The number of aryl methyl sites for hydroxylation is 2. The molecule has 1 aliphatic heterocycles. The number of likely N-dealkylation sites (tertiary alicyclic amines) is 1. The first kappa shape index (κ1) is 23.0. The largest absolute Gasteiger partial charge is 0.444 e. The monoisotopic (exact) mass is 458 g/mol. The number of thiophene rings is 1. The van der Waals surface area contributed by atoms with Gasteiger partial charge in [0.05, 0.1) is 10.6 Å². The van der Waals surface area contributed by atoms with Crippen molar-refractivity contribution in [1.29, 1.82) is 0 Å². The van der Waals surface area contributed by atoms with Gasteiger partial charge in [0.25, 0.3) is 5.91 Å². The van der Waals surface area contributed by atoms with Gasteiger partial charge in [0.15, 0.2) is 0 Å². The van der Waals surface area contributed by atoms with Crippen molar-refractivity contribution in [2.45, 2.75) is 71.8 Å². The van der Waals surface area contributed by atoms with Crippen molar-refractivity contribution in [1.82, 2.24) is 19.8 Å². The van der Waals surface area contributed by atoms with E-state index in [2.05, 4.69) is 0 Å². The molecule has 2 fully saturated rings. The minimum atomic E-state index is -0.515. The second-order valence-electron chi connectivity index (χ2n) is 10.3. The van der Waals surface area contributed by atoms with Gasteiger partial charge in [-0.2, -0.15) is 0 Å². The molecule has 2 aromatic rings. The lowest BCUT2D eigenvalue weighted by molar-refractivity contribution is 0.0244. The smallest absolute Gasteiger partial charge is 0.410 e. The Labute approximate surface area is 194 Å². The van der Waals surface area contributed by atoms with Crippen LogP contribution in [0.2, 0.25) is 0 Å². The van der Waals surface area contributed by atoms with Crippen LogP contribution in [0.1, 0.15) is 79.1 Å². The quantitative estimate of drug-likeness (QED) is 0.651. The van der Waals surface area contributed by atoms with Crippen LogP contribution in [0, 0.1) is 19.8 Å². The number of carbonyl (C=O) groups excluding carboxylic acids is 2. The molecule has 0 N–H and O–H groups in total. The summed E-state index contributed by atoms with van der Waals surface area (Å²) in [6.07, 6.45) is 3.94. The predicted molar refractivity (Wildman–Crippen MR) is 126 cm³/mol. The van der Waals surface area contributed by atoms with Crippen molar-refractivity contribution in [3.63, 3.8) is 0 Å². The van der Waals surface area contributed by atoms with Crippen molar-refractivity contribution in [2.75, 3.05) is 26.7 Å². The van der Waals surface area contributed by atoms with Crippen molar-refractivity contribution in [2.24, 2.45) is 5.92 Å². The van der Waals surface area contributed by atoms with E-state index in [-0.39, 0.29) is 17.9 Å². The van der Waals surface area contributed by atoms with Gasteiger partial charge in [-0.3, -0.25) is 4.79 Å². The fourth-order valence-corrected chi connectivity index (χ4v) is 5.64. The minimum absolute atomic E-state index is 0.0718. The average molecular weight is 459 g/mol. The van der Waals surface area contributed by atoms with Crippen molar-refractivity contribution < 1.29 is 14.3 Å². The van der Waals surface area contributed by atoms with E-state index in [0.717, 1.165) is 64.4 Å². The SMILES string of the molecule is Cc1nc(C2CC2)nc2sc(C(=O)N3CCCC(CN(C)C(=O)OC(C)(C)C)C3)c(C)c12. The van der Waals surface area contributed by atoms with Crippen LogP contribution in [0.5, 0.6) is 0 Å². The zero-order chi connectivity index (χ0) is 23.2. The Hall–Kier alpha value is -2.22. The van der Waals surface area contributed by atoms with Crippen LogP contribution in [0.25, 0.3) is 10.2 Å². The summed E-state index contributed by atoms with van der Waals surface area (Å²) in [6.45, 7) is 11.6. The van der Waals surface area contributed by atoms with Gasteiger partial charge in [0, 0.05) is 38.0 Å². The first-order valence-electron chi connectivity index (χ1n) is 11.5. The van der Waals surface area contributed by atoms with Crippen LogP contribution in [0.3, 0.4) is 0 Å². The molecule has 0 radical (unpaired) electrons. The standard InChI is InChI=1S/C24H34N4O3S/c1-14-18-15(2)25-20(17-9-10-17)26-21(18)32-19(14)22(29)28-11-7-8-16(13-28)12-27(6)23(30)31-24(3,4)5/h16-17H,7-13H2,1-6H3. The zero-order valence-corrected chi connectivity index (χ0v) is 20.8. The molecule has 0 spiro atoms. The second kappa shape index (κ2) is 8.61. The highest BCUT2D eigenvalue weighted by atomic mass is 32.1. The average Bonchev–Trinajstić information content (AvgIpc) is 3.50. The fraction of sp³-hybridized carbons (Fsp3) is 0.667. The van der Waals surface area contributed by atoms with Crippen LogP contribution >= 0.6 is 11.3 Å². The number of fused-ring (bicyclic) bond motifs is 1. The molecular weight excluding hydrogens is 424 g/mol. The molecule has 0 bridgehead atoms. The molecule has 2 aromatic heterocycles. The first-order chi connectivity index (χ1) is 15.0. The van der Waals surface area contributed by atoms with Crippen molar-refractivity contribution in [3.05, 3.63) is 22.0 Å². The Kier molecular flexibility index (Phi) is 6.18. The molecule has 2 amide bonds. The third-order valence-electron chi connectivity index (χ3n) is 6.17. The number of rotatable bonds is 4. The van der Waals surface area contributed by atoms with Crippen LogP contribution in [0.4, 0.5) is 4.79 Å². The van der Waals surface area contributed by atoms with Crippen LogP contribution in [-0.4, -0.2) is 64.1 Å².